The summed E-state index contributed by atoms with van der Waals surface area (Å²) in [5.41, 5.74) is 3.12. The van der Waals surface area contributed by atoms with Crippen LogP contribution in [0.2, 0.25) is 0 Å². The molecule has 3 heterocycles. The van der Waals surface area contributed by atoms with Gasteiger partial charge in [-0.1, -0.05) is 12.8 Å². The van der Waals surface area contributed by atoms with Gasteiger partial charge >= 0.3 is 5.97 Å². The van der Waals surface area contributed by atoms with Gasteiger partial charge in [0.15, 0.2) is 0 Å². The van der Waals surface area contributed by atoms with Crippen LogP contribution < -0.4 is 0 Å². The molecule has 2 aromatic heterocycles. The molecule has 0 amide bonds. The van der Waals surface area contributed by atoms with Gasteiger partial charge in [0.2, 0.25) is 0 Å². The quantitative estimate of drug-likeness (QED) is 0.867. The van der Waals surface area contributed by atoms with Crippen molar-refractivity contribution in [2.24, 2.45) is 5.92 Å². The van der Waals surface area contributed by atoms with E-state index in [1.54, 1.807) is 0 Å². The molecule has 2 aliphatic rings. The molecule has 0 spiro atoms. The molecule has 2 aromatic rings. The number of carboxylic acid groups (broad SMARTS) is 1. The standard InChI is InChI=1S/C18H22BrN3O2/c1-11-6-13(19)9-21-14(8-20-17(11)21)10-22-15-5-3-2-4-12(15)7-16(22)18(23)24/h6,8-9,12,15-16H,2-5,7,10H2,1H3,(H,23,24). The van der Waals surface area contributed by atoms with Crippen LogP contribution in [0, 0.1) is 12.8 Å². The zero-order chi connectivity index (χ0) is 16.8. The summed E-state index contributed by atoms with van der Waals surface area (Å²) in [4.78, 5) is 18.5. The molecule has 0 bridgehead atoms. The van der Waals surface area contributed by atoms with Crippen LogP contribution in [0.5, 0.6) is 0 Å². The lowest BCUT2D eigenvalue weighted by molar-refractivity contribution is -0.142. The topological polar surface area (TPSA) is 57.8 Å². The molecular formula is C18H22BrN3O2. The van der Waals surface area contributed by atoms with Crippen molar-refractivity contribution in [3.8, 4) is 0 Å². The highest BCUT2D eigenvalue weighted by Gasteiger charge is 2.45. The third kappa shape index (κ3) is 2.65. The third-order valence-corrected chi connectivity index (χ3v) is 6.12. The largest absolute Gasteiger partial charge is 0.480 e. The number of fused-ring (bicyclic) bond motifs is 2. The Morgan fingerprint density at radius 3 is 3.00 bits per heavy atom. The maximum atomic E-state index is 11.8. The van der Waals surface area contributed by atoms with Crippen LogP contribution in [0.15, 0.2) is 22.9 Å². The van der Waals surface area contributed by atoms with Crippen LogP contribution in [0.1, 0.15) is 43.4 Å². The Bertz CT molecular complexity index is 788. The van der Waals surface area contributed by atoms with Crippen LogP contribution in [0.3, 0.4) is 0 Å². The number of halogens is 1. The highest BCUT2D eigenvalue weighted by atomic mass is 79.9. The van der Waals surface area contributed by atoms with Gasteiger partial charge in [-0.05, 0) is 59.7 Å². The molecule has 0 radical (unpaired) electrons. The van der Waals surface area contributed by atoms with E-state index in [2.05, 4.69) is 36.3 Å². The fourth-order valence-corrected chi connectivity index (χ4v) is 5.14. The molecule has 3 atom stereocenters. The summed E-state index contributed by atoms with van der Waals surface area (Å²) in [6.45, 7) is 2.69. The lowest BCUT2D eigenvalue weighted by Gasteiger charge is -2.32. The van der Waals surface area contributed by atoms with Crippen LogP contribution in [0.4, 0.5) is 0 Å². The molecule has 1 saturated carbocycles. The first kappa shape index (κ1) is 16.1. The number of aryl methyl sites for hydroxylation is 1. The number of aliphatic carboxylic acids is 1. The Morgan fingerprint density at radius 2 is 2.21 bits per heavy atom. The second kappa shape index (κ2) is 6.15. The molecule has 3 unspecified atom stereocenters. The summed E-state index contributed by atoms with van der Waals surface area (Å²) in [6.07, 6.45) is 9.44. The Balaban J connectivity index is 1.69. The summed E-state index contributed by atoms with van der Waals surface area (Å²) in [6, 6.07) is 2.09. The molecule has 6 heteroatoms. The van der Waals surface area contributed by atoms with Crippen LogP contribution >= 0.6 is 15.9 Å². The van der Waals surface area contributed by atoms with Gasteiger partial charge in [0.25, 0.3) is 0 Å². The minimum atomic E-state index is -0.685. The summed E-state index contributed by atoms with van der Waals surface area (Å²) in [7, 11) is 0. The Labute approximate surface area is 149 Å². The van der Waals surface area contributed by atoms with E-state index < -0.39 is 5.97 Å². The van der Waals surface area contributed by atoms with Gasteiger partial charge in [0.1, 0.15) is 11.7 Å². The molecule has 1 aliphatic heterocycles. The van der Waals surface area contributed by atoms with Gasteiger partial charge in [0, 0.05) is 23.3 Å². The average molecular weight is 392 g/mol. The Hall–Kier alpha value is -1.40. The van der Waals surface area contributed by atoms with Gasteiger partial charge in [-0.2, -0.15) is 0 Å². The molecule has 24 heavy (non-hydrogen) atoms. The fraction of sp³-hybridized carbons (Fsp3) is 0.556. The van der Waals surface area contributed by atoms with E-state index in [4.69, 9.17) is 0 Å². The smallest absolute Gasteiger partial charge is 0.320 e. The molecule has 1 aliphatic carbocycles. The van der Waals surface area contributed by atoms with Crippen molar-refractivity contribution in [3.05, 3.63) is 34.2 Å². The fourth-order valence-electron chi connectivity index (χ4n) is 4.59. The number of aromatic nitrogens is 2. The van der Waals surface area contributed by atoms with Crippen LogP contribution in [-0.2, 0) is 11.3 Å². The zero-order valence-corrected chi connectivity index (χ0v) is 15.4. The molecular weight excluding hydrogens is 370 g/mol. The predicted octanol–water partition coefficient (Wildman–Crippen LogP) is 3.62. The first-order valence-corrected chi connectivity index (χ1v) is 9.44. The third-order valence-electron chi connectivity index (χ3n) is 5.68. The summed E-state index contributed by atoms with van der Waals surface area (Å²) < 4.78 is 3.10. The lowest BCUT2D eigenvalue weighted by Crippen LogP contribution is -2.41. The number of nitrogens with zero attached hydrogens (tertiary/aromatic N) is 3. The second-order valence-corrected chi connectivity index (χ2v) is 8.07. The van der Waals surface area contributed by atoms with E-state index in [-0.39, 0.29) is 6.04 Å². The maximum absolute atomic E-state index is 11.8. The zero-order valence-electron chi connectivity index (χ0n) is 13.8. The average Bonchev–Trinajstić information content (AvgIpc) is 3.10. The monoisotopic (exact) mass is 391 g/mol. The van der Waals surface area contributed by atoms with Crippen molar-refractivity contribution >= 4 is 27.5 Å². The predicted molar refractivity (Wildman–Crippen MR) is 95.0 cm³/mol. The first-order chi connectivity index (χ1) is 11.5. The number of hydrogen-bond donors (Lipinski definition) is 1. The summed E-state index contributed by atoms with van der Waals surface area (Å²) >= 11 is 3.55. The van der Waals surface area contributed by atoms with Crippen LogP contribution in [-0.4, -0.2) is 37.4 Å². The number of carbonyl (C=O) groups is 1. The molecule has 2 fully saturated rings. The Kier molecular flexibility index (Phi) is 4.12. The van der Waals surface area contributed by atoms with Crippen LogP contribution in [0.25, 0.3) is 5.65 Å². The number of hydrogen-bond acceptors (Lipinski definition) is 3. The van der Waals surface area contributed by atoms with Crippen molar-refractivity contribution in [1.29, 1.82) is 0 Å². The minimum absolute atomic E-state index is 0.364. The van der Waals surface area contributed by atoms with E-state index in [0.29, 0.717) is 18.5 Å². The SMILES string of the molecule is Cc1cc(Br)cn2c(CN3C(C(=O)O)CC4CCCCC43)cnc12. The number of rotatable bonds is 3. The van der Waals surface area contributed by atoms with Crippen molar-refractivity contribution in [2.75, 3.05) is 0 Å². The van der Waals surface area contributed by atoms with Crippen molar-refractivity contribution in [1.82, 2.24) is 14.3 Å². The van der Waals surface area contributed by atoms with E-state index in [9.17, 15) is 9.90 Å². The highest BCUT2D eigenvalue weighted by Crippen LogP contribution is 2.40. The van der Waals surface area contributed by atoms with Crippen molar-refractivity contribution < 1.29 is 9.90 Å². The summed E-state index contributed by atoms with van der Waals surface area (Å²) in [5.74, 6) is -0.150. The van der Waals surface area contributed by atoms with Crippen molar-refractivity contribution in [2.45, 2.75) is 57.7 Å². The first-order valence-electron chi connectivity index (χ1n) is 8.65. The number of carboxylic acids is 1. The Morgan fingerprint density at radius 1 is 1.42 bits per heavy atom. The normalized spacial score (nSPS) is 27.5. The second-order valence-electron chi connectivity index (χ2n) is 7.16. The van der Waals surface area contributed by atoms with Gasteiger partial charge in [-0.15, -0.1) is 0 Å². The van der Waals surface area contributed by atoms with Gasteiger partial charge in [0.05, 0.1) is 11.9 Å². The van der Waals surface area contributed by atoms with Gasteiger partial charge in [-0.25, -0.2) is 4.98 Å². The van der Waals surface area contributed by atoms with E-state index in [1.165, 1.54) is 19.3 Å². The molecule has 1 N–H and O–H groups in total. The number of imidazole rings is 1. The minimum Gasteiger partial charge on any atom is -0.480 e. The summed E-state index contributed by atoms with van der Waals surface area (Å²) in [5, 5.41) is 9.69. The van der Waals surface area contributed by atoms with E-state index in [0.717, 1.165) is 34.2 Å². The number of likely N-dealkylation sites (tertiary alicyclic amines) is 1. The molecule has 5 nitrogen and oxygen atoms in total. The lowest BCUT2D eigenvalue weighted by atomic mass is 9.85. The van der Waals surface area contributed by atoms with Crippen molar-refractivity contribution in [3.63, 3.8) is 0 Å². The van der Waals surface area contributed by atoms with E-state index in [1.807, 2.05) is 19.3 Å². The van der Waals surface area contributed by atoms with Gasteiger partial charge < -0.3 is 9.51 Å². The maximum Gasteiger partial charge on any atom is 0.320 e. The molecule has 4 rings (SSSR count). The van der Waals surface area contributed by atoms with Gasteiger partial charge in [-0.3, -0.25) is 9.69 Å². The molecule has 0 aromatic carbocycles. The molecule has 128 valence electrons. The highest BCUT2D eigenvalue weighted by molar-refractivity contribution is 9.10. The molecule has 1 saturated heterocycles. The number of pyridine rings is 1. The van der Waals surface area contributed by atoms with E-state index >= 15 is 0 Å².